The number of carbonyl (C=O) groups excluding carboxylic acids is 1. The second kappa shape index (κ2) is 6.36. The Labute approximate surface area is 111 Å². The summed E-state index contributed by atoms with van der Waals surface area (Å²) in [5.74, 6) is 0.00444. The summed E-state index contributed by atoms with van der Waals surface area (Å²) >= 11 is 0. The van der Waals surface area contributed by atoms with Gasteiger partial charge in [0.05, 0.1) is 6.07 Å². The van der Waals surface area contributed by atoms with Crippen molar-refractivity contribution in [3.8, 4) is 0 Å². The van der Waals surface area contributed by atoms with Gasteiger partial charge in [0.15, 0.2) is 5.76 Å². The smallest absolute Gasteiger partial charge is 0.395 e. The third-order valence-corrected chi connectivity index (χ3v) is 3.54. The second-order valence-corrected chi connectivity index (χ2v) is 4.94. The molecule has 6 nitrogen and oxygen atoms in total. The van der Waals surface area contributed by atoms with E-state index in [1.807, 2.05) is 0 Å². The van der Waals surface area contributed by atoms with Gasteiger partial charge in [-0.2, -0.15) is 0 Å². The highest BCUT2D eigenvalue weighted by molar-refractivity contribution is 5.91. The normalized spacial score (nSPS) is 15.6. The van der Waals surface area contributed by atoms with Crippen LogP contribution in [0.5, 0.6) is 0 Å². The molecule has 1 aromatic rings. The average molecular weight is 266 g/mol. The number of amides is 1. The Hall–Kier alpha value is -1.85. The molecule has 104 valence electrons. The molecule has 0 radical (unpaired) electrons. The van der Waals surface area contributed by atoms with E-state index < -0.39 is 10.8 Å². The van der Waals surface area contributed by atoms with E-state index >= 15 is 0 Å². The first-order chi connectivity index (χ1) is 9.16. The Morgan fingerprint density at radius 3 is 2.79 bits per heavy atom. The van der Waals surface area contributed by atoms with Crippen LogP contribution in [0.15, 0.2) is 16.5 Å². The Kier molecular flexibility index (Phi) is 4.54. The standard InChI is InChI=1S/C13H18N2O4/c16-13(11-7-8-12(19-11)15(17)18)14-9-3-6-10-4-1-2-5-10/h7-8,10H,1-6,9H2,(H,14,16). The van der Waals surface area contributed by atoms with Gasteiger partial charge in [-0.05, 0) is 24.8 Å². The lowest BCUT2D eigenvalue weighted by Crippen LogP contribution is -2.24. The van der Waals surface area contributed by atoms with Gasteiger partial charge in [0.1, 0.15) is 4.92 Å². The molecule has 0 unspecified atom stereocenters. The van der Waals surface area contributed by atoms with Crippen LogP contribution in [-0.2, 0) is 0 Å². The highest BCUT2D eigenvalue weighted by Gasteiger charge is 2.17. The minimum atomic E-state index is -0.656. The van der Waals surface area contributed by atoms with E-state index in [-0.39, 0.29) is 11.7 Å². The van der Waals surface area contributed by atoms with Crippen LogP contribution in [0, 0.1) is 16.0 Å². The first kappa shape index (κ1) is 13.6. The molecule has 1 aliphatic carbocycles. The fourth-order valence-corrected chi connectivity index (χ4v) is 2.53. The first-order valence-electron chi connectivity index (χ1n) is 6.69. The molecule has 1 N–H and O–H groups in total. The van der Waals surface area contributed by atoms with Crippen molar-refractivity contribution < 1.29 is 14.1 Å². The van der Waals surface area contributed by atoms with E-state index in [9.17, 15) is 14.9 Å². The molecule has 2 rings (SSSR count). The molecule has 0 aromatic carbocycles. The summed E-state index contributed by atoms with van der Waals surface area (Å²) in [4.78, 5) is 21.4. The van der Waals surface area contributed by atoms with Gasteiger partial charge in [-0.15, -0.1) is 0 Å². The van der Waals surface area contributed by atoms with Gasteiger partial charge >= 0.3 is 5.88 Å². The largest absolute Gasteiger partial charge is 0.433 e. The van der Waals surface area contributed by atoms with Gasteiger partial charge in [-0.25, -0.2) is 0 Å². The Balaban J connectivity index is 1.69. The van der Waals surface area contributed by atoms with Crippen LogP contribution in [0.25, 0.3) is 0 Å². The Morgan fingerprint density at radius 2 is 2.16 bits per heavy atom. The van der Waals surface area contributed by atoms with Gasteiger partial charge in [-0.3, -0.25) is 14.9 Å². The first-order valence-corrected chi connectivity index (χ1v) is 6.69. The van der Waals surface area contributed by atoms with E-state index in [0.29, 0.717) is 6.54 Å². The molecule has 19 heavy (non-hydrogen) atoms. The SMILES string of the molecule is O=C(NCCCC1CCCC1)c1ccc([N+](=O)[O-])o1. The molecule has 0 saturated heterocycles. The van der Waals surface area contributed by atoms with E-state index in [2.05, 4.69) is 5.32 Å². The topological polar surface area (TPSA) is 85.4 Å². The fraction of sp³-hybridized carbons (Fsp3) is 0.615. The van der Waals surface area contributed by atoms with E-state index in [4.69, 9.17) is 4.42 Å². The highest BCUT2D eigenvalue weighted by atomic mass is 16.6. The van der Waals surface area contributed by atoms with Crippen LogP contribution in [0.2, 0.25) is 0 Å². The lowest BCUT2D eigenvalue weighted by Gasteiger charge is -2.08. The van der Waals surface area contributed by atoms with Gasteiger partial charge in [-0.1, -0.05) is 25.7 Å². The lowest BCUT2D eigenvalue weighted by atomic mass is 10.0. The minimum Gasteiger partial charge on any atom is -0.395 e. The van der Waals surface area contributed by atoms with Gasteiger partial charge in [0.25, 0.3) is 5.91 Å². The molecule has 1 saturated carbocycles. The third kappa shape index (κ3) is 3.81. The van der Waals surface area contributed by atoms with Crippen molar-refractivity contribution in [3.63, 3.8) is 0 Å². The molecule has 0 atom stereocenters. The zero-order valence-corrected chi connectivity index (χ0v) is 10.8. The minimum absolute atomic E-state index is 0.00688. The van der Waals surface area contributed by atoms with E-state index in [1.54, 1.807) is 0 Å². The molecule has 1 aromatic heterocycles. The van der Waals surface area contributed by atoms with Crippen molar-refractivity contribution in [2.75, 3.05) is 6.54 Å². The number of nitro groups is 1. The summed E-state index contributed by atoms with van der Waals surface area (Å²) in [7, 11) is 0. The second-order valence-electron chi connectivity index (χ2n) is 4.94. The van der Waals surface area contributed by atoms with Crippen LogP contribution in [0.4, 0.5) is 5.88 Å². The van der Waals surface area contributed by atoms with Crippen LogP contribution in [0.3, 0.4) is 0 Å². The van der Waals surface area contributed by atoms with Crippen LogP contribution in [-0.4, -0.2) is 17.4 Å². The van der Waals surface area contributed by atoms with E-state index in [1.165, 1.54) is 37.8 Å². The van der Waals surface area contributed by atoms with Gasteiger partial charge in [0.2, 0.25) is 0 Å². The summed E-state index contributed by atoms with van der Waals surface area (Å²) in [5, 5.41) is 13.1. The molecule has 1 fully saturated rings. The number of nitrogens with zero attached hydrogens (tertiary/aromatic N) is 1. The maximum absolute atomic E-state index is 11.6. The van der Waals surface area contributed by atoms with Crippen molar-refractivity contribution in [3.05, 3.63) is 28.0 Å². The molecule has 0 bridgehead atoms. The monoisotopic (exact) mass is 266 g/mol. The molecule has 1 amide bonds. The van der Waals surface area contributed by atoms with Gasteiger partial charge < -0.3 is 9.73 Å². The van der Waals surface area contributed by atoms with Crippen molar-refractivity contribution >= 4 is 11.8 Å². The van der Waals surface area contributed by atoms with Crippen LogP contribution < -0.4 is 5.32 Å². The summed E-state index contributed by atoms with van der Waals surface area (Å²) < 4.78 is 4.83. The number of furan rings is 1. The Bertz CT molecular complexity index is 449. The molecule has 0 aliphatic heterocycles. The quantitative estimate of drug-likeness (QED) is 0.487. The number of nitrogens with one attached hydrogen (secondary N) is 1. The lowest BCUT2D eigenvalue weighted by molar-refractivity contribution is -0.402. The summed E-state index contributed by atoms with van der Waals surface area (Å²) in [6.45, 7) is 0.587. The van der Waals surface area contributed by atoms with Crippen molar-refractivity contribution in [1.82, 2.24) is 5.32 Å². The molecule has 0 spiro atoms. The fourth-order valence-electron chi connectivity index (χ4n) is 2.53. The molecule has 1 heterocycles. The van der Waals surface area contributed by atoms with Crippen molar-refractivity contribution in [1.29, 1.82) is 0 Å². The summed E-state index contributed by atoms with van der Waals surface area (Å²) in [5.41, 5.74) is 0. The number of carbonyl (C=O) groups is 1. The number of hydrogen-bond donors (Lipinski definition) is 1. The molecular weight excluding hydrogens is 248 g/mol. The molecular formula is C13H18N2O4. The number of hydrogen-bond acceptors (Lipinski definition) is 4. The van der Waals surface area contributed by atoms with Crippen molar-refractivity contribution in [2.24, 2.45) is 5.92 Å². The summed E-state index contributed by atoms with van der Waals surface area (Å²) in [6.07, 6.45) is 7.34. The Morgan fingerprint density at radius 1 is 1.42 bits per heavy atom. The predicted molar refractivity (Wildman–Crippen MR) is 68.9 cm³/mol. The average Bonchev–Trinajstić information content (AvgIpc) is 3.05. The highest BCUT2D eigenvalue weighted by Crippen LogP contribution is 2.28. The van der Waals surface area contributed by atoms with Crippen LogP contribution >= 0.6 is 0 Å². The van der Waals surface area contributed by atoms with Gasteiger partial charge in [0, 0.05) is 6.54 Å². The van der Waals surface area contributed by atoms with Crippen molar-refractivity contribution in [2.45, 2.75) is 38.5 Å². The number of rotatable bonds is 6. The maximum atomic E-state index is 11.6. The van der Waals surface area contributed by atoms with Crippen LogP contribution in [0.1, 0.15) is 49.1 Å². The zero-order valence-electron chi connectivity index (χ0n) is 10.8. The molecule has 6 heteroatoms. The zero-order chi connectivity index (χ0) is 13.7. The third-order valence-electron chi connectivity index (χ3n) is 3.54. The predicted octanol–water partition coefficient (Wildman–Crippen LogP) is 2.89. The molecule has 1 aliphatic rings. The summed E-state index contributed by atoms with van der Waals surface area (Å²) in [6, 6.07) is 2.51. The van der Waals surface area contributed by atoms with E-state index in [0.717, 1.165) is 18.8 Å². The maximum Gasteiger partial charge on any atom is 0.433 e.